The molecule has 5 nitrogen and oxygen atoms in total. The van der Waals surface area contributed by atoms with Crippen LogP contribution >= 0.6 is 0 Å². The number of benzene rings is 1. The predicted octanol–water partition coefficient (Wildman–Crippen LogP) is 1.78. The Morgan fingerprint density at radius 2 is 1.71 bits per heavy atom. The first kappa shape index (κ1) is 13.1. The summed E-state index contributed by atoms with van der Waals surface area (Å²) in [7, 11) is 0. The van der Waals surface area contributed by atoms with Crippen LogP contribution in [0.5, 0.6) is 0 Å². The van der Waals surface area contributed by atoms with Crippen molar-refractivity contribution in [3.8, 4) is 11.1 Å². The van der Waals surface area contributed by atoms with Gasteiger partial charge in [-0.05, 0) is 23.8 Å². The van der Waals surface area contributed by atoms with Crippen LogP contribution in [0.2, 0.25) is 0 Å². The Kier molecular flexibility index (Phi) is 3.25. The van der Waals surface area contributed by atoms with E-state index in [1.54, 1.807) is 16.7 Å². The Bertz CT molecular complexity index is 822. The molecule has 0 fully saturated rings. The first-order valence-corrected chi connectivity index (χ1v) is 6.43. The Hall–Kier alpha value is -2.92. The lowest BCUT2D eigenvalue weighted by Gasteiger charge is -2.05. The Labute approximate surface area is 121 Å². The zero-order valence-electron chi connectivity index (χ0n) is 11.1. The smallest absolute Gasteiger partial charge is 0.307 e. The van der Waals surface area contributed by atoms with Gasteiger partial charge in [0.15, 0.2) is 0 Å². The van der Waals surface area contributed by atoms with E-state index < -0.39 is 11.7 Å². The van der Waals surface area contributed by atoms with Crippen molar-refractivity contribution in [3.63, 3.8) is 0 Å². The summed E-state index contributed by atoms with van der Waals surface area (Å²) in [4.78, 5) is 24.0. The van der Waals surface area contributed by atoms with Crippen molar-refractivity contribution in [1.29, 1.82) is 0 Å². The third-order valence-electron chi connectivity index (χ3n) is 3.32. The Morgan fingerprint density at radius 3 is 2.43 bits per heavy atom. The summed E-state index contributed by atoms with van der Waals surface area (Å²) in [6.45, 7) is 0. The number of rotatable bonds is 3. The van der Waals surface area contributed by atoms with Gasteiger partial charge in [-0.2, -0.15) is 0 Å². The SMILES string of the molecule is NNC(=O)C(=O)c1c(-c2ccccc2)cc2ccccn12. The number of pyridine rings is 1. The van der Waals surface area contributed by atoms with Gasteiger partial charge in [0, 0.05) is 17.3 Å². The molecule has 0 aliphatic carbocycles. The number of carbonyl (C=O) groups is 2. The summed E-state index contributed by atoms with van der Waals surface area (Å²) < 4.78 is 1.69. The highest BCUT2D eigenvalue weighted by Crippen LogP contribution is 2.28. The number of hydrazine groups is 1. The number of amides is 1. The van der Waals surface area contributed by atoms with Crippen LogP contribution in [0.4, 0.5) is 0 Å². The predicted molar refractivity (Wildman–Crippen MR) is 79.5 cm³/mol. The fraction of sp³-hybridized carbons (Fsp3) is 0. The Morgan fingerprint density at radius 1 is 1.00 bits per heavy atom. The van der Waals surface area contributed by atoms with Crippen LogP contribution in [0, 0.1) is 0 Å². The maximum absolute atomic E-state index is 12.3. The van der Waals surface area contributed by atoms with Gasteiger partial charge in [-0.25, -0.2) is 5.84 Å². The van der Waals surface area contributed by atoms with Gasteiger partial charge in [0.25, 0.3) is 5.78 Å². The minimum Gasteiger partial charge on any atom is -0.313 e. The van der Waals surface area contributed by atoms with Crippen LogP contribution in [0.15, 0.2) is 60.8 Å². The molecule has 0 unspecified atom stereocenters. The molecule has 0 saturated carbocycles. The van der Waals surface area contributed by atoms with E-state index in [9.17, 15) is 9.59 Å². The molecule has 3 aromatic rings. The highest BCUT2D eigenvalue weighted by Gasteiger charge is 2.23. The lowest BCUT2D eigenvalue weighted by molar-refractivity contribution is -0.117. The van der Waals surface area contributed by atoms with E-state index in [1.807, 2.05) is 54.0 Å². The summed E-state index contributed by atoms with van der Waals surface area (Å²) in [6, 6.07) is 16.9. The second kappa shape index (κ2) is 5.22. The fourth-order valence-electron chi connectivity index (χ4n) is 2.37. The number of ketones is 1. The van der Waals surface area contributed by atoms with Gasteiger partial charge in [-0.1, -0.05) is 36.4 Å². The monoisotopic (exact) mass is 279 g/mol. The molecule has 3 rings (SSSR count). The van der Waals surface area contributed by atoms with Crippen molar-refractivity contribution in [2.75, 3.05) is 0 Å². The molecule has 1 amide bonds. The van der Waals surface area contributed by atoms with Gasteiger partial charge in [-0.15, -0.1) is 0 Å². The summed E-state index contributed by atoms with van der Waals surface area (Å²) in [5.74, 6) is 3.58. The highest BCUT2D eigenvalue weighted by molar-refractivity contribution is 6.43. The number of nitrogens with zero attached hydrogens (tertiary/aromatic N) is 1. The molecule has 0 aliphatic rings. The number of Topliss-reactive ketones (excluding diaryl/α,β-unsaturated/α-hetero) is 1. The van der Waals surface area contributed by atoms with Crippen LogP contribution in [0.3, 0.4) is 0 Å². The molecular formula is C16H13N3O2. The lowest BCUT2D eigenvalue weighted by Crippen LogP contribution is -2.36. The molecule has 0 aliphatic heterocycles. The molecule has 1 aromatic carbocycles. The number of hydrogen-bond donors (Lipinski definition) is 2. The first-order chi connectivity index (χ1) is 10.2. The molecule has 2 aromatic heterocycles. The van der Waals surface area contributed by atoms with E-state index in [2.05, 4.69) is 0 Å². The van der Waals surface area contributed by atoms with Gasteiger partial charge >= 0.3 is 5.91 Å². The lowest BCUT2D eigenvalue weighted by atomic mass is 10.0. The molecule has 5 heteroatoms. The summed E-state index contributed by atoms with van der Waals surface area (Å²) in [5.41, 5.74) is 4.61. The third-order valence-corrected chi connectivity index (χ3v) is 3.32. The maximum atomic E-state index is 12.3. The normalized spacial score (nSPS) is 10.5. The van der Waals surface area contributed by atoms with Gasteiger partial charge in [0.05, 0.1) is 0 Å². The van der Waals surface area contributed by atoms with Crippen LogP contribution in [0.25, 0.3) is 16.6 Å². The number of nitrogens with two attached hydrogens (primary N) is 1. The van der Waals surface area contributed by atoms with Crippen molar-refractivity contribution in [3.05, 3.63) is 66.5 Å². The van der Waals surface area contributed by atoms with Crippen molar-refractivity contribution >= 4 is 17.2 Å². The van der Waals surface area contributed by atoms with Crippen LogP contribution in [-0.4, -0.2) is 16.1 Å². The molecule has 0 bridgehead atoms. The standard InChI is InChI=1S/C16H13N3O2/c17-18-16(21)15(20)14-13(11-6-2-1-3-7-11)10-12-8-4-5-9-19(12)14/h1-10H,17H2,(H,18,21). The molecule has 0 atom stereocenters. The fourth-order valence-corrected chi connectivity index (χ4v) is 2.37. The number of fused-ring (bicyclic) bond motifs is 1. The number of carbonyl (C=O) groups excluding carboxylic acids is 2. The van der Waals surface area contributed by atoms with E-state index in [0.717, 1.165) is 11.1 Å². The second-order valence-corrected chi connectivity index (χ2v) is 4.57. The minimum atomic E-state index is -0.837. The summed E-state index contributed by atoms with van der Waals surface area (Å²) in [6.07, 6.45) is 1.75. The third kappa shape index (κ3) is 2.19. The van der Waals surface area contributed by atoms with Crippen LogP contribution in [-0.2, 0) is 4.79 Å². The zero-order valence-corrected chi connectivity index (χ0v) is 11.1. The van der Waals surface area contributed by atoms with Crippen LogP contribution in [0.1, 0.15) is 10.5 Å². The molecule has 3 N–H and O–H groups in total. The molecule has 2 heterocycles. The number of aromatic nitrogens is 1. The summed E-state index contributed by atoms with van der Waals surface area (Å²) in [5, 5.41) is 0. The van der Waals surface area contributed by atoms with Gasteiger partial charge in [-0.3, -0.25) is 15.0 Å². The van der Waals surface area contributed by atoms with Crippen molar-refractivity contribution in [2.45, 2.75) is 0 Å². The van der Waals surface area contributed by atoms with Crippen molar-refractivity contribution in [2.24, 2.45) is 5.84 Å². The van der Waals surface area contributed by atoms with E-state index in [4.69, 9.17) is 5.84 Å². The quantitative estimate of drug-likeness (QED) is 0.252. The largest absolute Gasteiger partial charge is 0.313 e. The molecule has 21 heavy (non-hydrogen) atoms. The maximum Gasteiger partial charge on any atom is 0.307 e. The number of hydrogen-bond acceptors (Lipinski definition) is 3. The molecule has 104 valence electrons. The average molecular weight is 279 g/mol. The van der Waals surface area contributed by atoms with E-state index in [-0.39, 0.29) is 0 Å². The van der Waals surface area contributed by atoms with Gasteiger partial charge in [0.2, 0.25) is 0 Å². The molecule has 0 radical (unpaired) electrons. The molecular weight excluding hydrogens is 266 g/mol. The minimum absolute atomic E-state index is 0.305. The van der Waals surface area contributed by atoms with Crippen molar-refractivity contribution < 1.29 is 9.59 Å². The second-order valence-electron chi connectivity index (χ2n) is 4.57. The van der Waals surface area contributed by atoms with Gasteiger partial charge in [0.1, 0.15) is 5.69 Å². The topological polar surface area (TPSA) is 76.6 Å². The number of nitrogens with one attached hydrogen (secondary N) is 1. The van der Waals surface area contributed by atoms with Crippen molar-refractivity contribution in [1.82, 2.24) is 9.83 Å². The van der Waals surface area contributed by atoms with Crippen LogP contribution < -0.4 is 11.3 Å². The molecule has 0 spiro atoms. The summed E-state index contributed by atoms with van der Waals surface area (Å²) >= 11 is 0. The highest BCUT2D eigenvalue weighted by atomic mass is 16.2. The first-order valence-electron chi connectivity index (χ1n) is 6.43. The van der Waals surface area contributed by atoms with E-state index >= 15 is 0 Å². The average Bonchev–Trinajstić information content (AvgIpc) is 2.93. The Balaban J connectivity index is 2.29. The van der Waals surface area contributed by atoms with Gasteiger partial charge < -0.3 is 4.40 Å². The zero-order chi connectivity index (χ0) is 14.8. The van der Waals surface area contributed by atoms with E-state index in [0.29, 0.717) is 11.3 Å². The van der Waals surface area contributed by atoms with E-state index in [1.165, 1.54) is 0 Å². The molecule has 0 saturated heterocycles.